The van der Waals surface area contributed by atoms with Gasteiger partial charge in [-0.2, -0.15) is 0 Å². The van der Waals surface area contributed by atoms with Crippen molar-refractivity contribution in [3.8, 4) is 0 Å². The Morgan fingerprint density at radius 2 is 2.21 bits per heavy atom. The lowest BCUT2D eigenvalue weighted by molar-refractivity contribution is -0.141. The molecule has 24 heavy (non-hydrogen) atoms. The van der Waals surface area contributed by atoms with Gasteiger partial charge in [0.1, 0.15) is 5.82 Å². The molecule has 2 heterocycles. The van der Waals surface area contributed by atoms with Crippen molar-refractivity contribution in [1.29, 1.82) is 0 Å². The molecule has 2 aromatic rings. The highest BCUT2D eigenvalue weighted by molar-refractivity contribution is 5.79. The second-order valence-electron chi connectivity index (χ2n) is 6.32. The number of carbonyl (C=O) groups excluding carboxylic acids is 2. The number of rotatable bonds is 5. The molecule has 1 aliphatic heterocycles. The van der Waals surface area contributed by atoms with Gasteiger partial charge in [-0.25, -0.2) is 4.98 Å². The summed E-state index contributed by atoms with van der Waals surface area (Å²) in [6.45, 7) is 2.80. The third-order valence-electron chi connectivity index (χ3n) is 4.54. The summed E-state index contributed by atoms with van der Waals surface area (Å²) in [5.41, 5.74) is 3.12. The molecule has 0 bridgehead atoms. The van der Waals surface area contributed by atoms with E-state index in [0.29, 0.717) is 12.8 Å². The molecule has 128 valence electrons. The summed E-state index contributed by atoms with van der Waals surface area (Å²) in [6.07, 6.45) is 3.06. The maximum atomic E-state index is 12.5. The number of nitrogens with zero attached hydrogens (tertiary/aromatic N) is 2. The summed E-state index contributed by atoms with van der Waals surface area (Å²) >= 11 is 0. The highest BCUT2D eigenvalue weighted by atomic mass is 16.5. The predicted octanol–water partition coefficient (Wildman–Crippen LogP) is 2.88. The number of benzene rings is 1. The zero-order chi connectivity index (χ0) is 17.1. The molecule has 0 unspecified atom stereocenters. The van der Waals surface area contributed by atoms with Crippen molar-refractivity contribution in [2.45, 2.75) is 45.1 Å². The zero-order valence-electron chi connectivity index (χ0n) is 14.2. The maximum Gasteiger partial charge on any atom is 0.305 e. The first-order valence-corrected chi connectivity index (χ1v) is 8.41. The van der Waals surface area contributed by atoms with Gasteiger partial charge in [-0.3, -0.25) is 9.59 Å². The molecule has 1 aromatic heterocycles. The fourth-order valence-corrected chi connectivity index (χ4v) is 3.28. The number of nitrogens with one attached hydrogen (secondary N) is 1. The Hall–Kier alpha value is -2.37. The van der Waals surface area contributed by atoms with Gasteiger partial charge in [-0.15, -0.1) is 0 Å². The zero-order valence-corrected chi connectivity index (χ0v) is 14.2. The second-order valence-corrected chi connectivity index (χ2v) is 6.32. The van der Waals surface area contributed by atoms with Gasteiger partial charge >= 0.3 is 5.97 Å². The van der Waals surface area contributed by atoms with E-state index in [4.69, 9.17) is 0 Å². The number of ether oxygens (including phenoxy) is 1. The number of likely N-dealkylation sites (tertiary alicyclic amines) is 1. The normalized spacial score (nSPS) is 17.4. The molecule has 1 atom stereocenters. The number of aromatic amines is 1. The Bertz CT molecular complexity index is 753. The Morgan fingerprint density at radius 3 is 3.00 bits per heavy atom. The van der Waals surface area contributed by atoms with Crippen LogP contribution < -0.4 is 0 Å². The first-order valence-electron chi connectivity index (χ1n) is 8.41. The van der Waals surface area contributed by atoms with Crippen molar-refractivity contribution in [3.63, 3.8) is 0 Å². The minimum absolute atomic E-state index is 0.00309. The molecule has 3 rings (SSSR count). The maximum absolute atomic E-state index is 12.5. The van der Waals surface area contributed by atoms with E-state index in [0.717, 1.165) is 36.2 Å². The van der Waals surface area contributed by atoms with Gasteiger partial charge in [0.2, 0.25) is 5.91 Å². The van der Waals surface area contributed by atoms with Gasteiger partial charge in [-0.05, 0) is 43.9 Å². The Labute approximate surface area is 141 Å². The average molecular weight is 329 g/mol. The number of aromatic nitrogens is 2. The third-order valence-corrected chi connectivity index (χ3v) is 4.54. The molecular weight excluding hydrogens is 306 g/mol. The smallest absolute Gasteiger partial charge is 0.305 e. The molecule has 1 fully saturated rings. The fourth-order valence-electron chi connectivity index (χ4n) is 3.28. The lowest BCUT2D eigenvalue weighted by atomic mass is 10.2. The number of H-pyrrole nitrogens is 1. The van der Waals surface area contributed by atoms with Crippen molar-refractivity contribution in [2.24, 2.45) is 0 Å². The van der Waals surface area contributed by atoms with Crippen LogP contribution >= 0.6 is 0 Å². The fraction of sp³-hybridized carbons (Fsp3) is 0.500. The van der Waals surface area contributed by atoms with Crippen LogP contribution in [0.5, 0.6) is 0 Å². The van der Waals surface area contributed by atoms with E-state index < -0.39 is 0 Å². The summed E-state index contributed by atoms with van der Waals surface area (Å²) < 4.78 is 4.61. The van der Waals surface area contributed by atoms with Gasteiger partial charge in [0.05, 0.1) is 24.2 Å². The van der Waals surface area contributed by atoms with Crippen LogP contribution in [0.2, 0.25) is 0 Å². The lowest BCUT2D eigenvalue weighted by Crippen LogP contribution is -2.31. The summed E-state index contributed by atoms with van der Waals surface area (Å²) in [4.78, 5) is 33.6. The van der Waals surface area contributed by atoms with Gasteiger partial charge in [0, 0.05) is 19.4 Å². The van der Waals surface area contributed by atoms with Gasteiger partial charge in [-0.1, -0.05) is 6.07 Å². The summed E-state index contributed by atoms with van der Waals surface area (Å²) in [5, 5.41) is 0. The molecule has 6 heteroatoms. The second kappa shape index (κ2) is 7.03. The predicted molar refractivity (Wildman–Crippen MR) is 90.4 cm³/mol. The number of imidazole rings is 1. The summed E-state index contributed by atoms with van der Waals surface area (Å²) in [7, 11) is 1.37. The SMILES string of the molecule is COC(=O)CCCC(=O)N1CCC[C@H]1c1nc2ccc(C)cc2[nH]1. The van der Waals surface area contributed by atoms with Gasteiger partial charge in [0.25, 0.3) is 0 Å². The minimum Gasteiger partial charge on any atom is -0.469 e. The molecule has 0 aliphatic carbocycles. The van der Waals surface area contributed by atoms with Crippen molar-refractivity contribution in [3.05, 3.63) is 29.6 Å². The number of hydrogen-bond donors (Lipinski definition) is 1. The lowest BCUT2D eigenvalue weighted by Gasteiger charge is -2.23. The number of carbonyl (C=O) groups is 2. The molecule has 1 saturated heterocycles. The van der Waals surface area contributed by atoms with Crippen LogP contribution in [0.4, 0.5) is 0 Å². The number of methoxy groups -OCH3 is 1. The van der Waals surface area contributed by atoms with E-state index in [9.17, 15) is 9.59 Å². The minimum atomic E-state index is -0.270. The molecule has 6 nitrogen and oxygen atoms in total. The standard InChI is InChI=1S/C18H23N3O3/c1-12-8-9-13-14(11-12)20-18(19-13)15-5-4-10-21(15)16(22)6-3-7-17(23)24-2/h8-9,11,15H,3-7,10H2,1-2H3,(H,19,20)/t15-/m0/s1. The number of aryl methyl sites for hydroxylation is 1. The van der Waals surface area contributed by atoms with E-state index in [2.05, 4.69) is 20.8 Å². The first-order chi connectivity index (χ1) is 11.6. The van der Waals surface area contributed by atoms with E-state index >= 15 is 0 Å². The van der Waals surface area contributed by atoms with Crippen LogP contribution in [0, 0.1) is 6.92 Å². The van der Waals surface area contributed by atoms with Crippen LogP contribution in [-0.2, 0) is 14.3 Å². The quantitative estimate of drug-likeness (QED) is 0.856. The van der Waals surface area contributed by atoms with Crippen LogP contribution in [0.25, 0.3) is 11.0 Å². The molecule has 0 saturated carbocycles. The highest BCUT2D eigenvalue weighted by Gasteiger charge is 2.31. The van der Waals surface area contributed by atoms with Gasteiger partial charge in [0.15, 0.2) is 0 Å². The summed E-state index contributed by atoms with van der Waals surface area (Å²) in [6, 6.07) is 6.12. The van der Waals surface area contributed by atoms with Crippen LogP contribution in [0.1, 0.15) is 49.5 Å². The molecular formula is C18H23N3O3. The van der Waals surface area contributed by atoms with Crippen LogP contribution in [0.3, 0.4) is 0 Å². The monoisotopic (exact) mass is 329 g/mol. The topological polar surface area (TPSA) is 75.3 Å². The number of amides is 1. The largest absolute Gasteiger partial charge is 0.469 e. The number of hydrogen-bond acceptors (Lipinski definition) is 4. The first kappa shape index (κ1) is 16.5. The third kappa shape index (κ3) is 3.42. The van der Waals surface area contributed by atoms with Crippen LogP contribution in [-0.4, -0.2) is 40.4 Å². The molecule has 1 amide bonds. The van der Waals surface area contributed by atoms with E-state index in [1.54, 1.807) is 0 Å². The molecule has 0 radical (unpaired) electrons. The molecule has 1 aromatic carbocycles. The molecule has 0 spiro atoms. The molecule has 1 N–H and O–H groups in total. The van der Waals surface area contributed by atoms with Crippen molar-refractivity contribution < 1.29 is 14.3 Å². The van der Waals surface area contributed by atoms with Crippen molar-refractivity contribution in [1.82, 2.24) is 14.9 Å². The van der Waals surface area contributed by atoms with E-state index in [1.807, 2.05) is 24.0 Å². The Morgan fingerprint density at radius 1 is 1.38 bits per heavy atom. The Balaban J connectivity index is 1.69. The Kier molecular flexibility index (Phi) is 4.83. The van der Waals surface area contributed by atoms with Crippen molar-refractivity contribution in [2.75, 3.05) is 13.7 Å². The van der Waals surface area contributed by atoms with Crippen molar-refractivity contribution >= 4 is 22.9 Å². The summed E-state index contributed by atoms with van der Waals surface area (Å²) in [5.74, 6) is 0.667. The number of fused-ring (bicyclic) bond motifs is 1. The van der Waals surface area contributed by atoms with Gasteiger partial charge < -0.3 is 14.6 Å². The average Bonchev–Trinajstić information content (AvgIpc) is 3.20. The highest BCUT2D eigenvalue weighted by Crippen LogP contribution is 2.32. The van der Waals surface area contributed by atoms with E-state index in [1.165, 1.54) is 12.7 Å². The van der Waals surface area contributed by atoms with Crippen LogP contribution in [0.15, 0.2) is 18.2 Å². The van der Waals surface area contributed by atoms with E-state index in [-0.39, 0.29) is 24.3 Å². The molecule has 1 aliphatic rings. The number of esters is 1.